The van der Waals surface area contributed by atoms with Gasteiger partial charge < -0.3 is 9.68 Å². The van der Waals surface area contributed by atoms with Crippen LogP contribution in [-0.2, 0) is 24.0 Å². The number of benzene rings is 1. The van der Waals surface area contributed by atoms with E-state index in [1.54, 1.807) is 6.92 Å². The van der Waals surface area contributed by atoms with Gasteiger partial charge in [-0.3, -0.25) is 4.18 Å². The molecule has 214 valence electrons. The topological polar surface area (TPSA) is 86.6 Å². The van der Waals surface area contributed by atoms with Crippen LogP contribution in [0.5, 0.6) is 0 Å². The largest absolute Gasteiger partial charge is 0.399 e. The molecule has 0 spiro atoms. The lowest BCUT2D eigenvalue weighted by atomic mass is 9.98. The first-order valence-electron chi connectivity index (χ1n) is 11.0. The molecule has 0 radical (unpaired) electrons. The third kappa shape index (κ3) is 11.5. The Hall–Kier alpha value is -0.790. The molecule has 0 bridgehead atoms. The Morgan fingerprint density at radius 3 is 1.89 bits per heavy atom. The molecule has 0 fully saturated rings. The normalized spacial score (nSPS) is 17.0. The van der Waals surface area contributed by atoms with E-state index in [1.165, 1.54) is 27.4 Å². The number of oxime groups is 2. The van der Waals surface area contributed by atoms with E-state index in [1.807, 2.05) is 13.8 Å². The molecule has 0 unspecified atom stereocenters. The van der Waals surface area contributed by atoms with Crippen molar-refractivity contribution in [1.82, 2.24) is 0 Å². The minimum atomic E-state index is -4.66. The second-order valence-corrected chi connectivity index (χ2v) is 11.6. The number of hydrogen-bond acceptors (Lipinski definition) is 7. The van der Waals surface area contributed by atoms with E-state index >= 15 is 0 Å². The minimum Gasteiger partial charge on any atom is -0.399 e. The monoisotopic (exact) mass is 676 g/mol. The van der Waals surface area contributed by atoms with Gasteiger partial charge in [-0.2, -0.15) is 8.42 Å². The van der Waals surface area contributed by atoms with E-state index in [0.29, 0.717) is 0 Å². The summed E-state index contributed by atoms with van der Waals surface area (Å²) < 4.78 is 71.3. The third-order valence-corrected chi connectivity index (χ3v) is 9.20. The Balaban J connectivity index is 0.000000908. The predicted octanol–water partition coefficient (Wildman–Crippen LogP) is 7.64. The van der Waals surface area contributed by atoms with Crippen LogP contribution < -0.4 is 0 Å². The highest BCUT2D eigenvalue weighted by molar-refractivity contribution is 9.09. The van der Waals surface area contributed by atoms with E-state index in [2.05, 4.69) is 35.9 Å². The SMILES string of the molecule is CC[C@@H](OS(=O)(=O)c1c(Cl)cc(Cl)c(Cl)c1F)[C@@H](C)[C@H](F)C=NOC.CC[C@H](Br)[C@@H](C)[C@H](F)C=NOC. The summed E-state index contributed by atoms with van der Waals surface area (Å²) in [5, 5.41) is 5.34. The lowest BCUT2D eigenvalue weighted by Crippen LogP contribution is -2.32. The molecule has 6 atom stereocenters. The van der Waals surface area contributed by atoms with Gasteiger partial charge in [0.15, 0.2) is 5.82 Å². The van der Waals surface area contributed by atoms with Crippen molar-refractivity contribution in [2.45, 2.75) is 68.7 Å². The van der Waals surface area contributed by atoms with Crippen LogP contribution in [0.25, 0.3) is 0 Å². The van der Waals surface area contributed by atoms with Gasteiger partial charge in [0, 0.05) is 16.7 Å². The Morgan fingerprint density at radius 2 is 1.46 bits per heavy atom. The highest BCUT2D eigenvalue weighted by Crippen LogP contribution is 2.37. The molecule has 0 saturated carbocycles. The Bertz CT molecular complexity index is 1010. The van der Waals surface area contributed by atoms with Gasteiger partial charge in [0.2, 0.25) is 0 Å². The molecule has 37 heavy (non-hydrogen) atoms. The first-order chi connectivity index (χ1) is 17.2. The lowest BCUT2D eigenvalue weighted by molar-refractivity contribution is 0.110. The van der Waals surface area contributed by atoms with E-state index in [4.69, 9.17) is 39.0 Å². The van der Waals surface area contributed by atoms with E-state index in [9.17, 15) is 21.6 Å². The Morgan fingerprint density at radius 1 is 0.973 bits per heavy atom. The Kier molecular flexibility index (Phi) is 17.4. The highest BCUT2D eigenvalue weighted by atomic mass is 79.9. The third-order valence-electron chi connectivity index (χ3n) is 5.14. The predicted molar refractivity (Wildman–Crippen MR) is 146 cm³/mol. The van der Waals surface area contributed by atoms with Crippen LogP contribution in [0.3, 0.4) is 0 Å². The number of alkyl halides is 3. The van der Waals surface area contributed by atoms with Crippen LogP contribution in [0.2, 0.25) is 15.1 Å². The van der Waals surface area contributed by atoms with Crippen LogP contribution >= 0.6 is 50.7 Å². The summed E-state index contributed by atoms with van der Waals surface area (Å²) in [6.45, 7) is 6.86. The fourth-order valence-corrected chi connectivity index (χ4v) is 5.38. The molecule has 1 rings (SSSR count). The van der Waals surface area contributed by atoms with Crippen molar-refractivity contribution < 1.29 is 35.4 Å². The number of hydrogen-bond donors (Lipinski definition) is 0. The fourth-order valence-electron chi connectivity index (χ4n) is 2.80. The van der Waals surface area contributed by atoms with Crippen molar-refractivity contribution in [3.63, 3.8) is 0 Å². The highest BCUT2D eigenvalue weighted by Gasteiger charge is 2.34. The second-order valence-electron chi connectivity index (χ2n) is 7.70. The van der Waals surface area contributed by atoms with E-state index < -0.39 is 55.2 Å². The summed E-state index contributed by atoms with van der Waals surface area (Å²) in [5.41, 5.74) is 0. The molecule has 15 heteroatoms. The maximum atomic E-state index is 14.2. The molecule has 0 aliphatic heterocycles. The zero-order valence-corrected chi connectivity index (χ0v) is 25.8. The summed E-state index contributed by atoms with van der Waals surface area (Å²) in [7, 11) is -2.02. The maximum absolute atomic E-state index is 14.2. The van der Waals surface area contributed by atoms with Crippen molar-refractivity contribution in [3.05, 3.63) is 27.0 Å². The molecule has 0 saturated heterocycles. The molecule has 7 nitrogen and oxygen atoms in total. The smallest absolute Gasteiger partial charge is 0.301 e. The molecular formula is C22H31BrCl3F3N2O5S. The van der Waals surface area contributed by atoms with Gasteiger partial charge in [-0.1, -0.05) is 88.7 Å². The maximum Gasteiger partial charge on any atom is 0.301 e. The number of halogens is 7. The summed E-state index contributed by atoms with van der Waals surface area (Å²) in [6.07, 6.45) is -0.702. The molecule has 0 aliphatic carbocycles. The first kappa shape index (κ1) is 36.2. The second kappa shape index (κ2) is 17.7. The Labute approximate surface area is 239 Å². The van der Waals surface area contributed by atoms with Gasteiger partial charge in [-0.25, -0.2) is 13.2 Å². The van der Waals surface area contributed by atoms with Crippen molar-refractivity contribution in [3.8, 4) is 0 Å². The molecule has 1 aromatic carbocycles. The van der Waals surface area contributed by atoms with Crippen LogP contribution in [0.15, 0.2) is 21.3 Å². The van der Waals surface area contributed by atoms with Crippen molar-refractivity contribution >= 4 is 73.3 Å². The zero-order valence-electron chi connectivity index (χ0n) is 21.1. The first-order valence-corrected chi connectivity index (χ1v) is 14.5. The van der Waals surface area contributed by atoms with Gasteiger partial charge in [-0.15, -0.1) is 0 Å². The summed E-state index contributed by atoms with van der Waals surface area (Å²) in [4.78, 5) is 8.01. The van der Waals surface area contributed by atoms with Gasteiger partial charge in [-0.05, 0) is 18.9 Å². The minimum absolute atomic E-state index is 0.0751. The summed E-state index contributed by atoms with van der Waals surface area (Å²) in [6, 6.07) is 0.984. The standard InChI is InChI=1S/C14H16Cl3F2NO4S.C8H15BrFNO/c1-4-11(7(2)10(18)6-20-23-3)24-25(21,22)14-9(16)5-8(15)12(17)13(14)19;1-4-7(9)6(2)8(10)5-11-12-3/h5-7,10-11H,4H2,1-3H3;5-8H,4H2,1-3H3/t7-,10+,11+;6-,7+,8-/m01/s1. The quantitative estimate of drug-likeness (QED) is 0.0535. The van der Waals surface area contributed by atoms with E-state index in [-0.39, 0.29) is 22.2 Å². The van der Waals surface area contributed by atoms with Crippen molar-refractivity contribution in [2.24, 2.45) is 22.1 Å². The van der Waals surface area contributed by atoms with E-state index in [0.717, 1.165) is 18.7 Å². The van der Waals surface area contributed by atoms with Crippen molar-refractivity contribution in [2.75, 3.05) is 14.2 Å². The number of rotatable bonds is 13. The molecule has 1 aromatic rings. The van der Waals surface area contributed by atoms with Crippen LogP contribution in [0.1, 0.15) is 40.5 Å². The number of nitrogens with zero attached hydrogens (tertiary/aromatic N) is 2. The van der Waals surface area contributed by atoms with Crippen LogP contribution in [0, 0.1) is 17.7 Å². The summed E-state index contributed by atoms with van der Waals surface area (Å²) in [5.74, 6) is -2.32. The molecule has 0 N–H and O–H groups in total. The molecule has 0 aliphatic rings. The van der Waals surface area contributed by atoms with Gasteiger partial charge in [0.1, 0.15) is 31.5 Å². The van der Waals surface area contributed by atoms with Gasteiger partial charge in [0.25, 0.3) is 0 Å². The van der Waals surface area contributed by atoms with Crippen LogP contribution in [0.4, 0.5) is 13.2 Å². The lowest BCUT2D eigenvalue weighted by Gasteiger charge is -2.24. The average Bonchev–Trinajstić information content (AvgIpc) is 2.86. The summed E-state index contributed by atoms with van der Waals surface area (Å²) >= 11 is 20.4. The van der Waals surface area contributed by atoms with Crippen molar-refractivity contribution in [1.29, 1.82) is 0 Å². The molecule has 0 amide bonds. The van der Waals surface area contributed by atoms with Crippen LogP contribution in [-0.4, -0.2) is 58.3 Å². The molecular weight excluding hydrogens is 648 g/mol. The fraction of sp³-hybridized carbons (Fsp3) is 0.636. The van der Waals surface area contributed by atoms with Gasteiger partial charge >= 0.3 is 10.1 Å². The molecule has 0 heterocycles. The zero-order chi connectivity index (χ0) is 28.9. The van der Waals surface area contributed by atoms with Gasteiger partial charge in [0.05, 0.1) is 33.6 Å². The molecule has 0 aromatic heterocycles. The average molecular weight is 679 g/mol.